The van der Waals surface area contributed by atoms with E-state index in [0.717, 1.165) is 12.5 Å². The molecule has 0 fully saturated rings. The zero-order valence-electron chi connectivity index (χ0n) is 7.71. The maximum absolute atomic E-state index is 10.8. The molecule has 0 N–H and O–H groups in total. The molecular weight excluding hydrogens is 172 g/mol. The van der Waals surface area contributed by atoms with Crippen LogP contribution in [0, 0.1) is 0 Å². The van der Waals surface area contributed by atoms with E-state index in [1.54, 1.807) is 0 Å². The van der Waals surface area contributed by atoms with Crippen molar-refractivity contribution in [3.05, 3.63) is 12.7 Å². The number of carbonyl (C=O) groups is 1. The van der Waals surface area contributed by atoms with Gasteiger partial charge in [-0.2, -0.15) is 0 Å². The van der Waals surface area contributed by atoms with Crippen molar-refractivity contribution >= 4 is 15.3 Å². The monoisotopic (exact) mass is 188 g/mol. The molecule has 0 spiro atoms. The first-order chi connectivity index (χ1) is 5.74. The molecule has 0 saturated carbocycles. The molecule has 12 heavy (non-hydrogen) atoms. The number of hydrogen-bond acceptors (Lipinski definition) is 3. The van der Waals surface area contributed by atoms with Crippen LogP contribution in [0.4, 0.5) is 0 Å². The van der Waals surface area contributed by atoms with Crippen molar-refractivity contribution in [3.8, 4) is 0 Å². The van der Waals surface area contributed by atoms with Gasteiger partial charge in [-0.3, -0.25) is 0 Å². The topological polar surface area (TPSA) is 35.5 Å². The van der Waals surface area contributed by atoms with E-state index in [1.165, 1.54) is 6.08 Å². The smallest absolute Gasteiger partial charge is 0.385 e. The highest BCUT2D eigenvalue weighted by molar-refractivity contribution is 6.47. The highest BCUT2D eigenvalue weighted by Gasteiger charge is 2.14. The molecule has 0 aromatic rings. The Morgan fingerprint density at radius 3 is 2.67 bits per heavy atom. The largest absolute Gasteiger partial charge is 0.493 e. The summed E-state index contributed by atoms with van der Waals surface area (Å²) in [7, 11) is -1.73. The van der Waals surface area contributed by atoms with Crippen LogP contribution in [-0.4, -0.2) is 21.9 Å². The minimum Gasteiger partial charge on any atom is -0.493 e. The Hall–Kier alpha value is -0.613. The molecule has 1 atom stereocenters. The van der Waals surface area contributed by atoms with Gasteiger partial charge in [-0.1, -0.05) is 19.9 Å². The van der Waals surface area contributed by atoms with Crippen LogP contribution in [0.1, 0.15) is 20.3 Å². The van der Waals surface area contributed by atoms with E-state index in [4.69, 9.17) is 8.85 Å². The standard InChI is InChI=1S/C8H16O3Si/c1-4-7-12(10-6-3)11-8(9)5-2/h5,12H,2,4,6-7H2,1,3H3. The Kier molecular flexibility index (Phi) is 6.70. The molecule has 0 saturated heterocycles. The Balaban J connectivity index is 3.76. The molecular formula is C8H16O3Si. The number of rotatable bonds is 6. The maximum Gasteiger partial charge on any atom is 0.385 e. The summed E-state index contributed by atoms with van der Waals surface area (Å²) in [6.45, 7) is 7.88. The molecule has 0 bridgehead atoms. The number of hydrogen-bond donors (Lipinski definition) is 0. The van der Waals surface area contributed by atoms with Crippen molar-refractivity contribution in [3.63, 3.8) is 0 Å². The van der Waals surface area contributed by atoms with Crippen LogP contribution in [0.3, 0.4) is 0 Å². The van der Waals surface area contributed by atoms with Crippen LogP contribution in [0.15, 0.2) is 12.7 Å². The molecule has 0 heterocycles. The van der Waals surface area contributed by atoms with Gasteiger partial charge in [0.1, 0.15) is 0 Å². The lowest BCUT2D eigenvalue weighted by atomic mass is 10.6. The maximum atomic E-state index is 10.8. The summed E-state index contributed by atoms with van der Waals surface area (Å²) in [5.74, 6) is -0.367. The van der Waals surface area contributed by atoms with E-state index in [2.05, 4.69) is 6.58 Å². The molecule has 1 unspecified atom stereocenters. The van der Waals surface area contributed by atoms with Crippen molar-refractivity contribution < 1.29 is 13.6 Å². The van der Waals surface area contributed by atoms with Crippen molar-refractivity contribution in [1.82, 2.24) is 0 Å². The molecule has 0 aliphatic carbocycles. The van der Waals surface area contributed by atoms with Crippen LogP contribution in [0.25, 0.3) is 0 Å². The molecule has 0 amide bonds. The molecule has 0 aromatic carbocycles. The summed E-state index contributed by atoms with van der Waals surface area (Å²) in [5.41, 5.74) is 0. The lowest BCUT2D eigenvalue weighted by Gasteiger charge is -2.13. The van der Waals surface area contributed by atoms with Crippen LogP contribution in [0.2, 0.25) is 6.04 Å². The van der Waals surface area contributed by atoms with Crippen molar-refractivity contribution in [2.24, 2.45) is 0 Å². The third-order valence-corrected chi connectivity index (χ3v) is 3.54. The fourth-order valence-electron chi connectivity index (χ4n) is 0.776. The quantitative estimate of drug-likeness (QED) is 0.466. The third-order valence-electron chi connectivity index (χ3n) is 1.29. The van der Waals surface area contributed by atoms with E-state index in [9.17, 15) is 4.79 Å². The minimum atomic E-state index is -1.73. The minimum absolute atomic E-state index is 0.367. The fourth-order valence-corrected chi connectivity index (χ4v) is 2.33. The van der Waals surface area contributed by atoms with E-state index >= 15 is 0 Å². The third kappa shape index (κ3) is 5.09. The SMILES string of the molecule is C=CC(=O)O[SiH](CCC)OCC. The van der Waals surface area contributed by atoms with Gasteiger partial charge < -0.3 is 8.85 Å². The van der Waals surface area contributed by atoms with Gasteiger partial charge >= 0.3 is 15.3 Å². The second kappa shape index (κ2) is 7.06. The van der Waals surface area contributed by atoms with E-state index in [-0.39, 0.29) is 5.97 Å². The highest BCUT2D eigenvalue weighted by atomic mass is 28.3. The summed E-state index contributed by atoms with van der Waals surface area (Å²) < 4.78 is 10.3. The summed E-state index contributed by atoms with van der Waals surface area (Å²) in [6, 6.07) is 0.868. The average molecular weight is 188 g/mol. The Bertz CT molecular complexity index is 141. The van der Waals surface area contributed by atoms with Crippen LogP contribution in [-0.2, 0) is 13.6 Å². The molecule has 0 radical (unpaired) electrons. The Morgan fingerprint density at radius 1 is 1.58 bits per heavy atom. The van der Waals surface area contributed by atoms with Crippen molar-refractivity contribution in [1.29, 1.82) is 0 Å². The highest BCUT2D eigenvalue weighted by Crippen LogP contribution is 2.01. The van der Waals surface area contributed by atoms with Crippen molar-refractivity contribution in [2.45, 2.75) is 26.3 Å². The van der Waals surface area contributed by atoms with Crippen LogP contribution < -0.4 is 0 Å². The van der Waals surface area contributed by atoms with Crippen LogP contribution >= 0.6 is 0 Å². The summed E-state index contributed by atoms with van der Waals surface area (Å²) in [4.78, 5) is 10.8. The second-order valence-corrected chi connectivity index (χ2v) is 4.32. The number of carbonyl (C=O) groups excluding carboxylic acids is 1. The van der Waals surface area contributed by atoms with Gasteiger partial charge in [-0.05, 0) is 13.0 Å². The van der Waals surface area contributed by atoms with Gasteiger partial charge in [-0.15, -0.1) is 0 Å². The predicted molar refractivity (Wildman–Crippen MR) is 50.2 cm³/mol. The molecule has 4 heteroatoms. The summed E-state index contributed by atoms with van der Waals surface area (Å²) >= 11 is 0. The van der Waals surface area contributed by atoms with Gasteiger partial charge in [0.25, 0.3) is 0 Å². The summed E-state index contributed by atoms with van der Waals surface area (Å²) in [6.07, 6.45) is 2.16. The normalized spacial score (nSPS) is 12.2. The van der Waals surface area contributed by atoms with E-state index in [0.29, 0.717) is 6.61 Å². The zero-order chi connectivity index (χ0) is 9.40. The molecule has 0 aromatic heterocycles. The molecule has 0 rings (SSSR count). The first-order valence-electron chi connectivity index (χ1n) is 4.19. The van der Waals surface area contributed by atoms with Gasteiger partial charge in [0.2, 0.25) is 0 Å². The Labute approximate surface area is 75.2 Å². The molecule has 3 nitrogen and oxygen atoms in total. The van der Waals surface area contributed by atoms with E-state index in [1.807, 2.05) is 13.8 Å². The molecule has 0 aliphatic heterocycles. The van der Waals surface area contributed by atoms with Crippen LogP contribution in [0.5, 0.6) is 0 Å². The first kappa shape index (κ1) is 11.4. The molecule has 0 aliphatic rings. The molecule has 70 valence electrons. The lowest BCUT2D eigenvalue weighted by molar-refractivity contribution is -0.130. The average Bonchev–Trinajstić information content (AvgIpc) is 2.05. The second-order valence-electron chi connectivity index (χ2n) is 2.31. The van der Waals surface area contributed by atoms with Gasteiger partial charge in [-0.25, -0.2) is 4.79 Å². The van der Waals surface area contributed by atoms with Crippen molar-refractivity contribution in [2.75, 3.05) is 6.61 Å². The summed E-state index contributed by atoms with van der Waals surface area (Å²) in [5, 5.41) is 0. The fraction of sp³-hybridized carbons (Fsp3) is 0.625. The predicted octanol–water partition coefficient (Wildman–Crippen LogP) is 1.38. The van der Waals surface area contributed by atoms with Gasteiger partial charge in [0, 0.05) is 12.7 Å². The Morgan fingerprint density at radius 2 is 2.25 bits per heavy atom. The zero-order valence-corrected chi connectivity index (χ0v) is 8.86. The first-order valence-corrected chi connectivity index (χ1v) is 5.95. The van der Waals surface area contributed by atoms with E-state index < -0.39 is 9.28 Å². The van der Waals surface area contributed by atoms with Gasteiger partial charge in [0.05, 0.1) is 0 Å². The lowest BCUT2D eigenvalue weighted by Crippen LogP contribution is -2.25. The van der Waals surface area contributed by atoms with Gasteiger partial charge in [0.15, 0.2) is 0 Å².